The van der Waals surface area contributed by atoms with Crippen molar-refractivity contribution >= 4 is 23.4 Å². The molecule has 1 atom stereocenters. The van der Waals surface area contributed by atoms with Crippen molar-refractivity contribution in [2.75, 3.05) is 6.54 Å². The van der Waals surface area contributed by atoms with Gasteiger partial charge in [-0.15, -0.1) is 0 Å². The summed E-state index contributed by atoms with van der Waals surface area (Å²) >= 11 is 6.02. The quantitative estimate of drug-likeness (QED) is 0.441. The lowest BCUT2D eigenvalue weighted by Crippen LogP contribution is -2.51. The van der Waals surface area contributed by atoms with E-state index in [0.717, 1.165) is 28.7 Å². The third-order valence-corrected chi connectivity index (χ3v) is 5.78. The Kier molecular flexibility index (Phi) is 9.08. The minimum Gasteiger partial charge on any atom is -0.354 e. The van der Waals surface area contributed by atoms with Crippen LogP contribution in [0.5, 0.6) is 0 Å². The van der Waals surface area contributed by atoms with Gasteiger partial charge in [0.25, 0.3) is 0 Å². The fourth-order valence-corrected chi connectivity index (χ4v) is 3.93. The fraction of sp³-hybridized carbons (Fsp3) is 0.286. The molecule has 2 amide bonds. The van der Waals surface area contributed by atoms with Crippen LogP contribution in [0.15, 0.2) is 78.9 Å². The van der Waals surface area contributed by atoms with Gasteiger partial charge in [-0.2, -0.15) is 0 Å². The molecule has 172 valence electrons. The maximum atomic E-state index is 13.6. The zero-order valence-electron chi connectivity index (χ0n) is 19.3. The third-order valence-electron chi connectivity index (χ3n) is 5.52. The molecule has 4 nitrogen and oxygen atoms in total. The van der Waals surface area contributed by atoms with Crippen molar-refractivity contribution in [3.05, 3.63) is 106 Å². The van der Waals surface area contributed by atoms with Crippen LogP contribution < -0.4 is 5.32 Å². The van der Waals surface area contributed by atoms with Crippen molar-refractivity contribution < 1.29 is 9.59 Å². The highest BCUT2D eigenvalue weighted by molar-refractivity contribution is 6.30. The molecule has 0 aliphatic heterocycles. The average molecular weight is 463 g/mol. The van der Waals surface area contributed by atoms with Gasteiger partial charge in [-0.05, 0) is 42.2 Å². The number of carbonyl (C=O) groups excluding carboxylic acids is 2. The van der Waals surface area contributed by atoms with Crippen LogP contribution in [0, 0.1) is 6.92 Å². The van der Waals surface area contributed by atoms with E-state index in [9.17, 15) is 9.59 Å². The summed E-state index contributed by atoms with van der Waals surface area (Å²) in [6, 6.07) is 24.6. The molecular formula is C28H31ClN2O2. The van der Waals surface area contributed by atoms with Crippen LogP contribution in [0.4, 0.5) is 0 Å². The normalized spacial score (nSPS) is 11.6. The molecular weight excluding hydrogens is 432 g/mol. The zero-order chi connectivity index (χ0) is 23.6. The molecule has 0 spiro atoms. The number of amides is 2. The Hall–Kier alpha value is -3.11. The molecule has 0 saturated heterocycles. The van der Waals surface area contributed by atoms with E-state index < -0.39 is 6.04 Å². The number of nitrogens with zero attached hydrogens (tertiary/aromatic N) is 1. The number of hydrogen-bond donors (Lipinski definition) is 1. The van der Waals surface area contributed by atoms with E-state index in [4.69, 9.17) is 11.6 Å². The first-order valence-electron chi connectivity index (χ1n) is 11.4. The van der Waals surface area contributed by atoms with E-state index in [0.29, 0.717) is 24.5 Å². The van der Waals surface area contributed by atoms with Gasteiger partial charge in [-0.1, -0.05) is 90.8 Å². The average Bonchev–Trinajstić information content (AvgIpc) is 2.82. The van der Waals surface area contributed by atoms with Crippen LogP contribution in [0.2, 0.25) is 5.02 Å². The van der Waals surface area contributed by atoms with Crippen LogP contribution >= 0.6 is 11.6 Å². The number of rotatable bonds is 10. The predicted molar refractivity (Wildman–Crippen MR) is 134 cm³/mol. The molecule has 0 aromatic heterocycles. The monoisotopic (exact) mass is 462 g/mol. The summed E-state index contributed by atoms with van der Waals surface area (Å²) in [5.41, 5.74) is 4.00. The molecule has 0 aliphatic carbocycles. The predicted octanol–water partition coefficient (Wildman–Crippen LogP) is 5.36. The van der Waals surface area contributed by atoms with Gasteiger partial charge in [0.15, 0.2) is 0 Å². The lowest BCUT2D eigenvalue weighted by Gasteiger charge is -2.32. The standard InChI is InChI=1S/C28H31ClN2O2/c1-3-16-30-28(33)26(18-22-9-5-4-6-10-22)31(20-24-11-7-8-21(2)17-24)27(32)19-23-12-14-25(29)15-13-23/h4-15,17,26H,3,16,18-20H2,1-2H3,(H,30,33)/t26-/m1/s1. The van der Waals surface area contributed by atoms with E-state index in [-0.39, 0.29) is 18.2 Å². The van der Waals surface area contributed by atoms with Crippen molar-refractivity contribution in [2.24, 2.45) is 0 Å². The lowest BCUT2D eigenvalue weighted by atomic mass is 10.0. The fourth-order valence-electron chi connectivity index (χ4n) is 3.81. The van der Waals surface area contributed by atoms with Crippen molar-refractivity contribution in [1.82, 2.24) is 10.2 Å². The van der Waals surface area contributed by atoms with Gasteiger partial charge < -0.3 is 10.2 Å². The van der Waals surface area contributed by atoms with E-state index in [2.05, 4.69) is 11.4 Å². The molecule has 33 heavy (non-hydrogen) atoms. The first-order valence-corrected chi connectivity index (χ1v) is 11.7. The highest BCUT2D eigenvalue weighted by Gasteiger charge is 2.30. The summed E-state index contributed by atoms with van der Waals surface area (Å²) in [7, 11) is 0. The number of aryl methyl sites for hydroxylation is 1. The number of carbonyl (C=O) groups is 2. The van der Waals surface area contributed by atoms with Crippen molar-refractivity contribution in [3.63, 3.8) is 0 Å². The zero-order valence-corrected chi connectivity index (χ0v) is 20.0. The SMILES string of the molecule is CCCNC(=O)[C@@H](Cc1ccccc1)N(Cc1cccc(C)c1)C(=O)Cc1ccc(Cl)cc1. The Morgan fingerprint density at radius 1 is 0.909 bits per heavy atom. The van der Waals surface area contributed by atoms with Crippen molar-refractivity contribution in [3.8, 4) is 0 Å². The van der Waals surface area contributed by atoms with Crippen LogP contribution in [0.3, 0.4) is 0 Å². The van der Waals surface area contributed by atoms with E-state index >= 15 is 0 Å². The number of hydrogen-bond acceptors (Lipinski definition) is 2. The topological polar surface area (TPSA) is 49.4 Å². The Bertz CT molecular complexity index is 1050. The summed E-state index contributed by atoms with van der Waals surface area (Å²) in [5.74, 6) is -0.218. The highest BCUT2D eigenvalue weighted by Crippen LogP contribution is 2.18. The van der Waals surface area contributed by atoms with Crippen LogP contribution in [-0.2, 0) is 29.0 Å². The maximum absolute atomic E-state index is 13.6. The Labute approximate surface area is 201 Å². The van der Waals surface area contributed by atoms with Gasteiger partial charge in [-0.25, -0.2) is 0 Å². The van der Waals surface area contributed by atoms with Crippen LogP contribution in [0.1, 0.15) is 35.6 Å². The minimum atomic E-state index is -0.612. The second kappa shape index (κ2) is 12.2. The van der Waals surface area contributed by atoms with Crippen LogP contribution in [-0.4, -0.2) is 29.3 Å². The van der Waals surface area contributed by atoms with Gasteiger partial charge in [0, 0.05) is 24.5 Å². The van der Waals surface area contributed by atoms with E-state index in [1.165, 1.54) is 0 Å². The molecule has 0 heterocycles. The highest BCUT2D eigenvalue weighted by atomic mass is 35.5. The molecule has 5 heteroatoms. The van der Waals surface area contributed by atoms with Gasteiger partial charge in [0.1, 0.15) is 6.04 Å². The summed E-state index contributed by atoms with van der Waals surface area (Å²) in [6.07, 6.45) is 1.49. The molecule has 0 radical (unpaired) electrons. The summed E-state index contributed by atoms with van der Waals surface area (Å²) < 4.78 is 0. The van der Waals surface area contributed by atoms with E-state index in [1.54, 1.807) is 17.0 Å². The van der Waals surface area contributed by atoms with E-state index in [1.807, 2.05) is 74.5 Å². The number of benzene rings is 3. The first kappa shape index (κ1) is 24.5. The second-order valence-electron chi connectivity index (χ2n) is 8.31. The summed E-state index contributed by atoms with van der Waals surface area (Å²) in [5, 5.41) is 3.63. The Morgan fingerprint density at radius 2 is 1.61 bits per heavy atom. The molecule has 0 saturated carbocycles. The largest absolute Gasteiger partial charge is 0.354 e. The molecule has 0 bridgehead atoms. The number of halogens is 1. The molecule has 0 fully saturated rings. The molecule has 3 aromatic carbocycles. The van der Waals surface area contributed by atoms with Crippen LogP contribution in [0.25, 0.3) is 0 Å². The first-order chi connectivity index (χ1) is 16.0. The maximum Gasteiger partial charge on any atom is 0.243 e. The Balaban J connectivity index is 1.94. The van der Waals surface area contributed by atoms with Crippen molar-refractivity contribution in [2.45, 2.75) is 45.7 Å². The summed E-state index contributed by atoms with van der Waals surface area (Å²) in [4.78, 5) is 28.6. The smallest absolute Gasteiger partial charge is 0.243 e. The molecule has 0 unspecified atom stereocenters. The van der Waals surface area contributed by atoms with Gasteiger partial charge in [0.05, 0.1) is 6.42 Å². The van der Waals surface area contributed by atoms with Crippen molar-refractivity contribution in [1.29, 1.82) is 0 Å². The van der Waals surface area contributed by atoms with Gasteiger partial charge in [0.2, 0.25) is 11.8 Å². The molecule has 3 aromatic rings. The summed E-state index contributed by atoms with van der Waals surface area (Å²) in [6.45, 7) is 4.99. The minimum absolute atomic E-state index is 0.0913. The molecule has 0 aliphatic rings. The molecule has 1 N–H and O–H groups in total. The third kappa shape index (κ3) is 7.47. The molecule has 3 rings (SSSR count). The van der Waals surface area contributed by atoms with Gasteiger partial charge >= 0.3 is 0 Å². The Morgan fingerprint density at radius 3 is 2.27 bits per heavy atom. The second-order valence-corrected chi connectivity index (χ2v) is 8.75. The van der Waals surface area contributed by atoms with Gasteiger partial charge in [-0.3, -0.25) is 9.59 Å². The lowest BCUT2D eigenvalue weighted by molar-refractivity contribution is -0.140. The number of nitrogens with one attached hydrogen (secondary N) is 1.